The molecule has 0 heterocycles. The zero-order chi connectivity index (χ0) is 22.2. The topological polar surface area (TPSA) is 72.3 Å². The van der Waals surface area contributed by atoms with Gasteiger partial charge in [0.05, 0.1) is 46.1 Å². The highest BCUT2D eigenvalue weighted by molar-refractivity contribution is 6.54. The number of hydrogen-bond acceptors (Lipinski definition) is 4. The van der Waals surface area contributed by atoms with E-state index in [2.05, 4.69) is 12.1 Å². The number of benzene rings is 4. The van der Waals surface area contributed by atoms with E-state index in [4.69, 9.17) is 9.98 Å². The fourth-order valence-corrected chi connectivity index (χ4v) is 3.18. The first kappa shape index (κ1) is 20.5. The minimum absolute atomic E-state index is 0.577. The molecule has 4 heteroatoms. The molecule has 0 spiro atoms. The molecule has 150 valence electrons. The van der Waals surface area contributed by atoms with E-state index >= 15 is 0 Å². The molecule has 0 saturated heterocycles. The summed E-state index contributed by atoms with van der Waals surface area (Å²) in [7, 11) is 0. The molecule has 32 heavy (non-hydrogen) atoms. The maximum atomic E-state index is 9.20. The van der Waals surface area contributed by atoms with Crippen LogP contribution in [0.4, 0.5) is 11.4 Å². The van der Waals surface area contributed by atoms with Crippen molar-refractivity contribution in [2.24, 2.45) is 9.98 Å². The Bertz CT molecular complexity index is 1230. The number of rotatable bonds is 5. The Balaban J connectivity index is 1.95. The van der Waals surface area contributed by atoms with E-state index in [1.807, 2.05) is 84.9 Å². The average Bonchev–Trinajstić information content (AvgIpc) is 2.87. The third kappa shape index (κ3) is 4.84. The molecule has 0 aliphatic rings. The van der Waals surface area contributed by atoms with Crippen molar-refractivity contribution in [3.63, 3.8) is 0 Å². The van der Waals surface area contributed by atoms with Crippen LogP contribution in [0.2, 0.25) is 0 Å². The van der Waals surface area contributed by atoms with Crippen LogP contribution < -0.4 is 0 Å². The van der Waals surface area contributed by atoms with Gasteiger partial charge in [-0.25, -0.2) is 9.98 Å². The SMILES string of the molecule is N#Cc1ccc(C(=Nc2ccccc2)C(=Nc2ccccc2)c2ccc(C#N)cc2)cc1. The largest absolute Gasteiger partial charge is 0.246 e. The summed E-state index contributed by atoms with van der Waals surface area (Å²) in [5.41, 5.74) is 5.77. The van der Waals surface area contributed by atoms with Gasteiger partial charge in [0, 0.05) is 11.1 Å². The number of nitriles is 2. The Labute approximate surface area is 187 Å². The maximum Gasteiger partial charge on any atom is 0.0991 e. The van der Waals surface area contributed by atoms with Crippen molar-refractivity contribution in [2.45, 2.75) is 0 Å². The molecule has 0 amide bonds. The van der Waals surface area contributed by atoms with Crippen LogP contribution in [0.3, 0.4) is 0 Å². The fourth-order valence-electron chi connectivity index (χ4n) is 3.18. The van der Waals surface area contributed by atoms with E-state index in [1.54, 1.807) is 24.3 Å². The summed E-state index contributed by atoms with van der Waals surface area (Å²) >= 11 is 0. The number of nitrogens with zero attached hydrogens (tertiary/aromatic N) is 4. The van der Waals surface area contributed by atoms with Gasteiger partial charge in [-0.05, 0) is 48.5 Å². The van der Waals surface area contributed by atoms with Crippen molar-refractivity contribution < 1.29 is 0 Å². The van der Waals surface area contributed by atoms with E-state index < -0.39 is 0 Å². The van der Waals surface area contributed by atoms with Crippen molar-refractivity contribution in [3.8, 4) is 12.1 Å². The predicted octanol–water partition coefficient (Wildman–Crippen LogP) is 6.37. The second-order valence-electron chi connectivity index (χ2n) is 6.97. The molecular formula is C28H18N4. The van der Waals surface area contributed by atoms with Gasteiger partial charge in [-0.3, -0.25) is 0 Å². The van der Waals surface area contributed by atoms with Crippen LogP contribution in [0.1, 0.15) is 22.3 Å². The van der Waals surface area contributed by atoms with Crippen LogP contribution in [-0.2, 0) is 0 Å². The molecule has 0 fully saturated rings. The van der Waals surface area contributed by atoms with Gasteiger partial charge >= 0.3 is 0 Å². The predicted molar refractivity (Wildman–Crippen MR) is 128 cm³/mol. The van der Waals surface area contributed by atoms with Crippen molar-refractivity contribution in [1.82, 2.24) is 0 Å². The minimum Gasteiger partial charge on any atom is -0.246 e. The summed E-state index contributed by atoms with van der Waals surface area (Å²) in [6.45, 7) is 0. The second kappa shape index (κ2) is 9.80. The number of hydrogen-bond donors (Lipinski definition) is 0. The van der Waals surface area contributed by atoms with Gasteiger partial charge < -0.3 is 0 Å². The van der Waals surface area contributed by atoms with Crippen LogP contribution in [-0.4, -0.2) is 11.4 Å². The number of aliphatic imine (C=N–C) groups is 2. The molecular weight excluding hydrogens is 392 g/mol. The summed E-state index contributed by atoms with van der Waals surface area (Å²) in [5.74, 6) is 0. The monoisotopic (exact) mass is 410 g/mol. The van der Waals surface area contributed by atoms with Gasteiger partial charge in [0.25, 0.3) is 0 Å². The lowest BCUT2D eigenvalue weighted by atomic mass is 9.97. The summed E-state index contributed by atoms with van der Waals surface area (Å²) in [6, 6.07) is 38.3. The first-order valence-corrected chi connectivity index (χ1v) is 10.1. The summed E-state index contributed by atoms with van der Waals surface area (Å²) in [4.78, 5) is 9.88. The second-order valence-corrected chi connectivity index (χ2v) is 6.97. The van der Waals surface area contributed by atoms with E-state index in [0.29, 0.717) is 22.6 Å². The van der Waals surface area contributed by atoms with Crippen LogP contribution in [0.5, 0.6) is 0 Å². The van der Waals surface area contributed by atoms with E-state index in [0.717, 1.165) is 22.5 Å². The van der Waals surface area contributed by atoms with Crippen molar-refractivity contribution in [2.75, 3.05) is 0 Å². The maximum absolute atomic E-state index is 9.20. The normalized spacial score (nSPS) is 11.4. The van der Waals surface area contributed by atoms with Crippen molar-refractivity contribution in [1.29, 1.82) is 10.5 Å². The molecule has 0 aromatic heterocycles. The third-order valence-corrected chi connectivity index (χ3v) is 4.79. The van der Waals surface area contributed by atoms with E-state index in [-0.39, 0.29) is 0 Å². The Morgan fingerprint density at radius 1 is 0.469 bits per heavy atom. The Kier molecular flexibility index (Phi) is 6.27. The molecule has 0 aliphatic heterocycles. The van der Waals surface area contributed by atoms with Gasteiger partial charge in [-0.15, -0.1) is 0 Å². The van der Waals surface area contributed by atoms with Gasteiger partial charge in [-0.1, -0.05) is 60.7 Å². The summed E-state index contributed by atoms with van der Waals surface area (Å²) in [5, 5.41) is 18.4. The van der Waals surface area contributed by atoms with Crippen LogP contribution >= 0.6 is 0 Å². The van der Waals surface area contributed by atoms with E-state index in [9.17, 15) is 10.5 Å². The summed E-state index contributed by atoms with van der Waals surface area (Å²) < 4.78 is 0. The molecule has 0 N–H and O–H groups in total. The smallest absolute Gasteiger partial charge is 0.0991 e. The lowest BCUT2D eigenvalue weighted by Crippen LogP contribution is -2.17. The zero-order valence-corrected chi connectivity index (χ0v) is 17.2. The Morgan fingerprint density at radius 3 is 1.12 bits per heavy atom. The van der Waals surface area contributed by atoms with Crippen molar-refractivity contribution >= 4 is 22.8 Å². The molecule has 0 atom stereocenters. The molecule has 4 aromatic carbocycles. The van der Waals surface area contributed by atoms with Crippen molar-refractivity contribution in [3.05, 3.63) is 131 Å². The third-order valence-electron chi connectivity index (χ3n) is 4.79. The molecule has 4 nitrogen and oxygen atoms in total. The lowest BCUT2D eigenvalue weighted by molar-refractivity contribution is 1.45. The highest BCUT2D eigenvalue weighted by atomic mass is 14.8. The standard InChI is InChI=1S/C28H18N4/c29-19-21-11-15-23(16-12-21)27(31-25-7-3-1-4-8-25)28(32-26-9-5-2-6-10-26)24-17-13-22(20-30)14-18-24/h1-18H. The van der Waals surface area contributed by atoms with Crippen LogP contribution in [0.15, 0.2) is 119 Å². The van der Waals surface area contributed by atoms with E-state index in [1.165, 1.54) is 0 Å². The van der Waals surface area contributed by atoms with Gasteiger partial charge in [0.15, 0.2) is 0 Å². The Morgan fingerprint density at radius 2 is 0.812 bits per heavy atom. The quantitative estimate of drug-likeness (QED) is 0.359. The van der Waals surface area contributed by atoms with Gasteiger partial charge in [0.2, 0.25) is 0 Å². The first-order valence-electron chi connectivity index (χ1n) is 10.1. The molecule has 0 radical (unpaired) electrons. The van der Waals surface area contributed by atoms with Crippen LogP contribution in [0, 0.1) is 22.7 Å². The van der Waals surface area contributed by atoms with Crippen LogP contribution in [0.25, 0.3) is 0 Å². The summed E-state index contributed by atoms with van der Waals surface area (Å²) in [6.07, 6.45) is 0. The lowest BCUT2D eigenvalue weighted by Gasteiger charge is -2.12. The average molecular weight is 410 g/mol. The van der Waals surface area contributed by atoms with Gasteiger partial charge in [0.1, 0.15) is 0 Å². The fraction of sp³-hybridized carbons (Fsp3) is 0. The number of para-hydroxylation sites is 2. The molecule has 0 aliphatic carbocycles. The highest BCUT2D eigenvalue weighted by Crippen LogP contribution is 2.21. The van der Waals surface area contributed by atoms with Gasteiger partial charge in [-0.2, -0.15) is 10.5 Å². The minimum atomic E-state index is 0.577. The molecule has 0 bridgehead atoms. The molecule has 0 saturated carbocycles. The molecule has 4 aromatic rings. The highest BCUT2D eigenvalue weighted by Gasteiger charge is 2.16. The Hall–Kier alpha value is -4.80. The first-order chi connectivity index (χ1) is 15.8. The zero-order valence-electron chi connectivity index (χ0n) is 17.2. The molecule has 0 unspecified atom stereocenters. The molecule has 4 rings (SSSR count).